The zero-order valence-electron chi connectivity index (χ0n) is 14.7. The van der Waals surface area contributed by atoms with Gasteiger partial charge in [-0.2, -0.15) is 0 Å². The maximum atomic E-state index is 5.15. The molecule has 0 bridgehead atoms. The van der Waals surface area contributed by atoms with Crippen molar-refractivity contribution in [3.05, 3.63) is 71.8 Å². The molecule has 23 heavy (non-hydrogen) atoms. The molecule has 4 N–H and O–H groups in total. The van der Waals surface area contributed by atoms with E-state index in [2.05, 4.69) is 24.4 Å². The van der Waals surface area contributed by atoms with E-state index in [0.717, 1.165) is 11.1 Å². The zero-order valence-corrected chi connectivity index (χ0v) is 18.8. The Morgan fingerprint density at radius 1 is 0.739 bits per heavy atom. The molecule has 0 saturated carbocycles. The van der Waals surface area contributed by atoms with Gasteiger partial charge in [0, 0.05) is 0 Å². The van der Waals surface area contributed by atoms with Crippen LogP contribution in [-0.2, 0) is 22.7 Å². The largest absolute Gasteiger partial charge is 2.00 e. The van der Waals surface area contributed by atoms with Crippen LogP contribution in [-0.4, -0.2) is 59.2 Å². The summed E-state index contributed by atoms with van der Waals surface area (Å²) in [5.74, 6) is 0. The van der Waals surface area contributed by atoms with Gasteiger partial charge in [-0.25, -0.2) is 0 Å². The first kappa shape index (κ1) is 22.4. The topological polar surface area (TPSA) is 70.5 Å². The predicted octanol–water partition coefficient (Wildman–Crippen LogP) is 2.74. The maximum absolute atomic E-state index is 5.15. The molecule has 120 valence electrons. The fourth-order valence-electron chi connectivity index (χ4n) is 1.46. The van der Waals surface area contributed by atoms with E-state index in [1.165, 1.54) is 0 Å². The van der Waals surface area contributed by atoms with Crippen molar-refractivity contribution in [1.29, 1.82) is 0 Å². The second-order valence-electron chi connectivity index (χ2n) is 4.19. The Hall–Kier alpha value is -0.609. The molecule has 0 atom stereocenters. The SMILES string of the molecule is NC(=S)OCc1ccccc1.NC(=S)OCc1ccccc1.[Ba+2].[H-].[H-]. The average molecular weight is 474 g/mol. The summed E-state index contributed by atoms with van der Waals surface area (Å²) < 4.78 is 9.87. The van der Waals surface area contributed by atoms with E-state index in [0.29, 0.717) is 13.2 Å². The first-order valence-corrected chi connectivity index (χ1v) is 7.32. The average Bonchev–Trinajstić information content (AvgIpc) is 2.53. The summed E-state index contributed by atoms with van der Waals surface area (Å²) in [6.07, 6.45) is 0. The van der Waals surface area contributed by atoms with E-state index < -0.39 is 0 Å². The predicted molar refractivity (Wildman–Crippen MR) is 104 cm³/mol. The van der Waals surface area contributed by atoms with E-state index in [-0.39, 0.29) is 62.1 Å². The molecule has 4 nitrogen and oxygen atoms in total. The van der Waals surface area contributed by atoms with Crippen molar-refractivity contribution >= 4 is 83.7 Å². The summed E-state index contributed by atoms with van der Waals surface area (Å²) in [5, 5.41) is 0.183. The third-order valence-corrected chi connectivity index (χ3v) is 2.68. The van der Waals surface area contributed by atoms with Crippen LogP contribution in [0.25, 0.3) is 0 Å². The third kappa shape index (κ3) is 12.5. The molecular weight excluding hydrogens is 454 g/mol. The number of hydrogen-bond donors (Lipinski definition) is 2. The molecule has 0 aromatic heterocycles. The van der Waals surface area contributed by atoms with E-state index in [1.54, 1.807) is 0 Å². The van der Waals surface area contributed by atoms with Gasteiger partial charge in [-0.3, -0.25) is 0 Å². The molecule has 7 heteroatoms. The normalized spacial score (nSPS) is 8.70. The zero-order chi connectivity index (χ0) is 16.2. The first-order chi connectivity index (χ1) is 10.6. The molecule has 0 heterocycles. The second-order valence-corrected chi connectivity index (χ2v) is 4.99. The van der Waals surface area contributed by atoms with Gasteiger partial charge in [0.05, 0.1) is 0 Å². The fourth-order valence-corrected chi connectivity index (χ4v) is 1.58. The van der Waals surface area contributed by atoms with Crippen LogP contribution in [0.2, 0.25) is 0 Å². The summed E-state index contributed by atoms with van der Waals surface area (Å²) in [6, 6.07) is 19.5. The molecule has 0 radical (unpaired) electrons. The van der Waals surface area contributed by atoms with Gasteiger partial charge in [0.15, 0.2) is 0 Å². The van der Waals surface area contributed by atoms with Gasteiger partial charge < -0.3 is 23.8 Å². The minimum Gasteiger partial charge on any atom is -1.00 e. The fraction of sp³-hybridized carbons (Fsp3) is 0.125. The van der Waals surface area contributed by atoms with Crippen LogP contribution < -0.4 is 11.5 Å². The molecular formula is C16H20BaN2O2S2. The van der Waals surface area contributed by atoms with Crippen molar-refractivity contribution in [2.24, 2.45) is 11.5 Å². The number of ether oxygens (including phenoxy) is 2. The van der Waals surface area contributed by atoms with Crippen molar-refractivity contribution < 1.29 is 12.3 Å². The Kier molecular flexibility index (Phi) is 13.4. The monoisotopic (exact) mass is 474 g/mol. The minimum absolute atomic E-state index is 0. The summed E-state index contributed by atoms with van der Waals surface area (Å²) in [4.78, 5) is 0. The van der Waals surface area contributed by atoms with Crippen molar-refractivity contribution in [1.82, 2.24) is 0 Å². The van der Waals surface area contributed by atoms with Crippen LogP contribution >= 0.6 is 24.4 Å². The molecule has 2 aromatic rings. The molecule has 0 saturated heterocycles. The molecule has 0 amide bonds. The van der Waals surface area contributed by atoms with Crippen LogP contribution in [0.15, 0.2) is 60.7 Å². The van der Waals surface area contributed by atoms with Crippen LogP contribution in [0.1, 0.15) is 14.0 Å². The number of hydrogen-bond acceptors (Lipinski definition) is 4. The van der Waals surface area contributed by atoms with E-state index in [9.17, 15) is 0 Å². The minimum atomic E-state index is 0. The number of rotatable bonds is 4. The van der Waals surface area contributed by atoms with Gasteiger partial charge in [0.25, 0.3) is 10.3 Å². The van der Waals surface area contributed by atoms with Gasteiger partial charge in [-0.1, -0.05) is 60.7 Å². The molecule has 0 aliphatic heterocycles. The van der Waals surface area contributed by atoms with Gasteiger partial charge in [-0.05, 0) is 35.6 Å². The van der Waals surface area contributed by atoms with E-state index >= 15 is 0 Å². The summed E-state index contributed by atoms with van der Waals surface area (Å²) in [6.45, 7) is 0.909. The van der Waals surface area contributed by atoms with Crippen molar-refractivity contribution in [3.63, 3.8) is 0 Å². The Balaban J connectivity index is -0.000000346. The molecule has 2 rings (SSSR count). The van der Waals surface area contributed by atoms with Crippen molar-refractivity contribution in [2.75, 3.05) is 0 Å². The Morgan fingerprint density at radius 2 is 1.04 bits per heavy atom. The quantitative estimate of drug-likeness (QED) is 0.526. The van der Waals surface area contributed by atoms with Crippen LogP contribution in [0.4, 0.5) is 0 Å². The summed E-state index contributed by atoms with van der Waals surface area (Å²) in [5.41, 5.74) is 12.4. The Bertz CT molecular complexity index is 540. The number of benzene rings is 2. The first-order valence-electron chi connectivity index (χ1n) is 6.50. The van der Waals surface area contributed by atoms with E-state index in [4.69, 9.17) is 20.9 Å². The van der Waals surface area contributed by atoms with Gasteiger partial charge in [0.1, 0.15) is 13.2 Å². The summed E-state index contributed by atoms with van der Waals surface area (Å²) in [7, 11) is 0. The van der Waals surface area contributed by atoms with Crippen LogP contribution in [0.5, 0.6) is 0 Å². The third-order valence-electron chi connectivity index (χ3n) is 2.45. The van der Waals surface area contributed by atoms with E-state index in [1.807, 2.05) is 60.7 Å². The maximum Gasteiger partial charge on any atom is 2.00 e. The molecule has 0 fully saturated rings. The Labute approximate surface area is 190 Å². The smallest absolute Gasteiger partial charge is 1.00 e. The van der Waals surface area contributed by atoms with Crippen LogP contribution in [0, 0.1) is 0 Å². The van der Waals surface area contributed by atoms with Gasteiger partial charge >= 0.3 is 48.9 Å². The van der Waals surface area contributed by atoms with Crippen molar-refractivity contribution in [2.45, 2.75) is 13.2 Å². The summed E-state index contributed by atoms with van der Waals surface area (Å²) >= 11 is 9.10. The van der Waals surface area contributed by atoms with Gasteiger partial charge in [-0.15, -0.1) is 0 Å². The molecule has 0 aliphatic carbocycles. The van der Waals surface area contributed by atoms with Crippen LogP contribution in [0.3, 0.4) is 0 Å². The van der Waals surface area contributed by atoms with Crippen molar-refractivity contribution in [3.8, 4) is 0 Å². The molecule has 0 aliphatic rings. The van der Waals surface area contributed by atoms with Gasteiger partial charge in [0.2, 0.25) is 0 Å². The number of thiocarbonyl (C=S) groups is 2. The molecule has 0 spiro atoms. The Morgan fingerprint density at radius 3 is 1.30 bits per heavy atom. The standard InChI is InChI=1S/2C8H9NOS.Ba.2H/c2*9-8(11)10-6-7-4-2-1-3-5-7;;;/h2*1-5H,6H2,(H2,9,11);;;/q;;+2;2*-1. The molecule has 2 aromatic carbocycles. The molecule has 0 unspecified atom stereocenters. The number of nitrogens with two attached hydrogens (primary N) is 2. The second kappa shape index (κ2) is 13.8.